The lowest BCUT2D eigenvalue weighted by Crippen LogP contribution is -2.42. The van der Waals surface area contributed by atoms with Crippen LogP contribution in [0.1, 0.15) is 62.1 Å². The number of aryl methyl sites for hydroxylation is 1. The first-order chi connectivity index (χ1) is 15.4. The number of hydrogen-bond donors (Lipinski definition) is 0. The number of hydrogen-bond acceptors (Lipinski definition) is 4. The SMILES string of the molecule is COc1ccc(/C=C2\C[C@@H]3[C@H]4CCc5cc(OC(C)=O)ccc5[C@@H]4CC[C@@]3(C)C2=O)cc1. The molecule has 0 radical (unpaired) electrons. The highest BCUT2D eigenvalue weighted by Crippen LogP contribution is 2.60. The van der Waals surface area contributed by atoms with Crippen LogP contribution in [0.25, 0.3) is 6.08 Å². The zero-order chi connectivity index (χ0) is 22.5. The molecule has 2 saturated carbocycles. The van der Waals surface area contributed by atoms with Crippen molar-refractivity contribution in [2.75, 3.05) is 7.11 Å². The largest absolute Gasteiger partial charge is 0.497 e. The standard InChI is InChI=1S/C28H30O4/c1-17(29)32-22-9-11-23-19(15-22)6-10-25-24(23)12-13-28(2)26(25)16-20(27(28)30)14-18-4-7-21(31-3)8-5-18/h4-5,7-9,11,14-15,24-26H,6,10,12-13,16H2,1-3H3/b20-14+/t24-,25-,26+,28+/m0/s1. The molecule has 2 aromatic rings. The second-order valence-corrected chi connectivity index (χ2v) is 9.80. The van der Waals surface area contributed by atoms with Gasteiger partial charge in [-0.2, -0.15) is 0 Å². The second kappa shape index (κ2) is 7.91. The molecule has 0 aromatic heterocycles. The fourth-order valence-electron chi connectivity index (χ4n) is 6.49. The van der Waals surface area contributed by atoms with Gasteiger partial charge in [0.15, 0.2) is 5.78 Å². The smallest absolute Gasteiger partial charge is 0.308 e. The molecule has 0 unspecified atom stereocenters. The van der Waals surface area contributed by atoms with Crippen molar-refractivity contribution >= 4 is 17.8 Å². The number of carbonyl (C=O) groups is 2. The van der Waals surface area contributed by atoms with Gasteiger partial charge in [-0.05, 0) is 102 Å². The molecule has 3 aliphatic carbocycles. The minimum atomic E-state index is -0.285. The molecular formula is C28H30O4. The van der Waals surface area contributed by atoms with Crippen molar-refractivity contribution in [1.82, 2.24) is 0 Å². The molecule has 166 valence electrons. The number of Topliss-reactive ketones (excluding diaryl/α,β-unsaturated/α-hetero) is 1. The van der Waals surface area contributed by atoms with E-state index in [1.807, 2.05) is 36.4 Å². The highest BCUT2D eigenvalue weighted by Gasteiger charge is 2.56. The van der Waals surface area contributed by atoms with Crippen LogP contribution in [0.15, 0.2) is 48.0 Å². The van der Waals surface area contributed by atoms with E-state index in [0.29, 0.717) is 29.3 Å². The first-order valence-corrected chi connectivity index (χ1v) is 11.6. The molecule has 0 amide bonds. The molecule has 2 fully saturated rings. The molecule has 4 atom stereocenters. The third-order valence-electron chi connectivity index (χ3n) is 8.06. The predicted molar refractivity (Wildman–Crippen MR) is 124 cm³/mol. The van der Waals surface area contributed by atoms with Crippen molar-refractivity contribution in [1.29, 1.82) is 0 Å². The van der Waals surface area contributed by atoms with E-state index in [1.54, 1.807) is 7.11 Å². The number of rotatable bonds is 3. The quantitative estimate of drug-likeness (QED) is 0.354. The molecular weight excluding hydrogens is 400 g/mol. The van der Waals surface area contributed by atoms with Crippen LogP contribution in [0.2, 0.25) is 0 Å². The predicted octanol–water partition coefficient (Wildman–Crippen LogP) is 5.74. The number of esters is 1. The molecule has 0 spiro atoms. The molecule has 0 N–H and O–H groups in total. The molecule has 0 aliphatic heterocycles. The van der Waals surface area contributed by atoms with Crippen LogP contribution in [0.4, 0.5) is 0 Å². The minimum Gasteiger partial charge on any atom is -0.497 e. The van der Waals surface area contributed by atoms with Crippen LogP contribution in [0, 0.1) is 17.3 Å². The second-order valence-electron chi connectivity index (χ2n) is 9.80. The molecule has 32 heavy (non-hydrogen) atoms. The lowest BCUT2D eigenvalue weighted by atomic mass is 9.55. The summed E-state index contributed by atoms with van der Waals surface area (Å²) in [6.07, 6.45) is 6.99. The fourth-order valence-corrected chi connectivity index (χ4v) is 6.49. The third-order valence-corrected chi connectivity index (χ3v) is 8.06. The van der Waals surface area contributed by atoms with E-state index < -0.39 is 0 Å². The molecule has 4 nitrogen and oxygen atoms in total. The van der Waals surface area contributed by atoms with E-state index in [-0.39, 0.29) is 11.4 Å². The van der Waals surface area contributed by atoms with Crippen molar-refractivity contribution in [3.05, 3.63) is 64.7 Å². The van der Waals surface area contributed by atoms with Gasteiger partial charge >= 0.3 is 5.97 Å². The molecule has 0 saturated heterocycles. The molecule has 5 rings (SSSR count). The van der Waals surface area contributed by atoms with E-state index in [0.717, 1.165) is 49.0 Å². The summed E-state index contributed by atoms with van der Waals surface area (Å²) < 4.78 is 10.6. The number of ketones is 1. The highest BCUT2D eigenvalue weighted by atomic mass is 16.5. The molecule has 0 heterocycles. The summed E-state index contributed by atoms with van der Waals surface area (Å²) in [5.41, 5.74) is 4.46. The normalized spacial score (nSPS) is 29.8. The lowest BCUT2D eigenvalue weighted by Gasteiger charge is -2.48. The van der Waals surface area contributed by atoms with Gasteiger partial charge in [0.05, 0.1) is 7.11 Å². The Morgan fingerprint density at radius 1 is 1.09 bits per heavy atom. The van der Waals surface area contributed by atoms with E-state index in [1.165, 1.54) is 18.1 Å². The Hall–Kier alpha value is -2.88. The van der Waals surface area contributed by atoms with Gasteiger partial charge in [0.1, 0.15) is 11.5 Å². The average Bonchev–Trinajstić information content (AvgIpc) is 3.04. The lowest BCUT2D eigenvalue weighted by molar-refractivity contribution is -0.132. The Morgan fingerprint density at radius 3 is 2.56 bits per heavy atom. The van der Waals surface area contributed by atoms with Crippen molar-refractivity contribution in [2.24, 2.45) is 17.3 Å². The Bertz CT molecular complexity index is 1100. The number of fused-ring (bicyclic) bond motifs is 5. The zero-order valence-corrected chi connectivity index (χ0v) is 19.0. The van der Waals surface area contributed by atoms with E-state index in [4.69, 9.17) is 9.47 Å². The average molecular weight is 431 g/mol. The van der Waals surface area contributed by atoms with Crippen LogP contribution in [-0.4, -0.2) is 18.9 Å². The number of methoxy groups -OCH3 is 1. The summed E-state index contributed by atoms with van der Waals surface area (Å²) in [4.78, 5) is 24.8. The van der Waals surface area contributed by atoms with E-state index in [2.05, 4.69) is 19.1 Å². The molecule has 2 aromatic carbocycles. The first kappa shape index (κ1) is 21.0. The number of carbonyl (C=O) groups excluding carboxylic acids is 2. The van der Waals surface area contributed by atoms with Crippen molar-refractivity contribution in [3.8, 4) is 11.5 Å². The topological polar surface area (TPSA) is 52.6 Å². The summed E-state index contributed by atoms with van der Waals surface area (Å²) in [6.45, 7) is 3.63. The van der Waals surface area contributed by atoms with Crippen molar-refractivity contribution < 1.29 is 19.1 Å². The summed E-state index contributed by atoms with van der Waals surface area (Å²) in [6, 6.07) is 14.0. The summed E-state index contributed by atoms with van der Waals surface area (Å²) in [5.74, 6) is 2.91. The van der Waals surface area contributed by atoms with Gasteiger partial charge in [-0.15, -0.1) is 0 Å². The molecule has 3 aliphatic rings. The van der Waals surface area contributed by atoms with Crippen LogP contribution in [-0.2, 0) is 16.0 Å². The Balaban J connectivity index is 1.42. The summed E-state index contributed by atoms with van der Waals surface area (Å²) in [7, 11) is 1.66. The Morgan fingerprint density at radius 2 is 1.84 bits per heavy atom. The van der Waals surface area contributed by atoms with Gasteiger partial charge in [0, 0.05) is 12.3 Å². The van der Waals surface area contributed by atoms with Crippen LogP contribution < -0.4 is 9.47 Å². The maximum atomic E-state index is 13.5. The first-order valence-electron chi connectivity index (χ1n) is 11.6. The monoisotopic (exact) mass is 430 g/mol. The van der Waals surface area contributed by atoms with E-state index in [9.17, 15) is 9.59 Å². The Labute approximate surface area is 189 Å². The van der Waals surface area contributed by atoms with Crippen LogP contribution >= 0.6 is 0 Å². The van der Waals surface area contributed by atoms with Gasteiger partial charge in [0.25, 0.3) is 0 Å². The maximum Gasteiger partial charge on any atom is 0.308 e. The van der Waals surface area contributed by atoms with Crippen LogP contribution in [0.3, 0.4) is 0 Å². The minimum absolute atomic E-state index is 0.255. The fraction of sp³-hybridized carbons (Fsp3) is 0.429. The van der Waals surface area contributed by atoms with Crippen molar-refractivity contribution in [2.45, 2.75) is 51.9 Å². The number of benzene rings is 2. The van der Waals surface area contributed by atoms with Gasteiger partial charge < -0.3 is 9.47 Å². The molecule has 0 bridgehead atoms. The number of allylic oxidation sites excluding steroid dienone is 1. The van der Waals surface area contributed by atoms with E-state index >= 15 is 0 Å². The number of ether oxygens (including phenoxy) is 2. The maximum absolute atomic E-state index is 13.5. The summed E-state index contributed by atoms with van der Waals surface area (Å²) >= 11 is 0. The van der Waals surface area contributed by atoms with Gasteiger partial charge in [-0.1, -0.05) is 25.1 Å². The van der Waals surface area contributed by atoms with Gasteiger partial charge in [-0.25, -0.2) is 0 Å². The molecule has 4 heteroatoms. The summed E-state index contributed by atoms with van der Waals surface area (Å²) in [5, 5.41) is 0. The third kappa shape index (κ3) is 3.46. The van der Waals surface area contributed by atoms with Crippen molar-refractivity contribution in [3.63, 3.8) is 0 Å². The van der Waals surface area contributed by atoms with Gasteiger partial charge in [0.2, 0.25) is 0 Å². The Kier molecular flexibility index (Phi) is 5.19. The van der Waals surface area contributed by atoms with Gasteiger partial charge in [-0.3, -0.25) is 9.59 Å². The zero-order valence-electron chi connectivity index (χ0n) is 19.0. The van der Waals surface area contributed by atoms with Crippen LogP contribution in [0.5, 0.6) is 11.5 Å². The highest BCUT2D eigenvalue weighted by molar-refractivity contribution is 6.06.